The topological polar surface area (TPSA) is 79.5 Å². The number of ether oxygens (including phenoxy) is 2. The first-order chi connectivity index (χ1) is 13.8. The van der Waals surface area contributed by atoms with Gasteiger partial charge in [-0.05, 0) is 5.56 Å². The Balaban J connectivity index is 1.41. The summed E-state index contributed by atoms with van der Waals surface area (Å²) in [7, 11) is 0. The Labute approximate surface area is 166 Å². The predicted molar refractivity (Wildman–Crippen MR) is 107 cm³/mol. The molecule has 0 spiro atoms. The van der Waals surface area contributed by atoms with E-state index < -0.39 is 0 Å². The predicted octanol–water partition coefficient (Wildman–Crippen LogP) is 2.67. The second kappa shape index (κ2) is 7.29. The number of rotatable bonds is 5. The summed E-state index contributed by atoms with van der Waals surface area (Å²) in [6.45, 7) is 2.97. The number of H-pyrrole nitrogens is 1. The zero-order chi connectivity index (χ0) is 18.9. The number of thiophene rings is 1. The molecule has 5 rings (SSSR count). The first kappa shape index (κ1) is 17.3. The molecular weight excluding hydrogens is 376 g/mol. The normalized spacial score (nSPS) is 18.2. The van der Waals surface area contributed by atoms with E-state index >= 15 is 0 Å². The van der Waals surface area contributed by atoms with Crippen molar-refractivity contribution < 1.29 is 14.3 Å². The number of carbonyl (C=O) groups is 1. The minimum Gasteiger partial charge on any atom is -0.488 e. The van der Waals surface area contributed by atoms with E-state index in [9.17, 15) is 4.79 Å². The molecule has 0 fully saturated rings. The molecule has 1 atom stereocenters. The first-order valence-electron chi connectivity index (χ1n) is 9.26. The Morgan fingerprint density at radius 3 is 3.00 bits per heavy atom. The number of nitrogens with one attached hydrogen (secondary N) is 2. The van der Waals surface area contributed by atoms with Gasteiger partial charge in [0.25, 0.3) is 5.91 Å². The maximum Gasteiger partial charge on any atom is 0.263 e. The molecule has 2 aliphatic rings. The van der Waals surface area contributed by atoms with Gasteiger partial charge < -0.3 is 19.7 Å². The summed E-state index contributed by atoms with van der Waals surface area (Å²) < 4.78 is 12.1. The molecule has 0 saturated heterocycles. The summed E-state index contributed by atoms with van der Waals surface area (Å²) in [6, 6.07) is 10.2. The molecule has 2 N–H and O–H groups in total. The van der Waals surface area contributed by atoms with Gasteiger partial charge in [-0.2, -0.15) is 5.10 Å². The fourth-order valence-corrected chi connectivity index (χ4v) is 4.82. The van der Waals surface area contributed by atoms with Gasteiger partial charge in [-0.15, -0.1) is 11.3 Å². The van der Waals surface area contributed by atoms with E-state index in [1.807, 2.05) is 24.4 Å². The Hall–Kier alpha value is -2.84. The van der Waals surface area contributed by atoms with Gasteiger partial charge in [-0.1, -0.05) is 30.3 Å². The second-order valence-electron chi connectivity index (χ2n) is 6.84. The van der Waals surface area contributed by atoms with Gasteiger partial charge in [0.05, 0.1) is 30.3 Å². The van der Waals surface area contributed by atoms with Crippen LogP contribution >= 0.6 is 11.3 Å². The third kappa shape index (κ3) is 3.04. The number of aromatic amines is 1. The van der Waals surface area contributed by atoms with Crippen molar-refractivity contribution in [2.75, 3.05) is 31.2 Å². The molecule has 0 aliphatic carbocycles. The summed E-state index contributed by atoms with van der Waals surface area (Å²) in [5.74, 6) is 0.728. The van der Waals surface area contributed by atoms with E-state index in [0.29, 0.717) is 31.2 Å². The molecular formula is C20H20N4O3S. The van der Waals surface area contributed by atoms with E-state index in [2.05, 4.69) is 32.5 Å². The molecule has 0 radical (unpaired) electrons. The molecule has 144 valence electrons. The molecule has 3 aromatic rings. The van der Waals surface area contributed by atoms with Crippen molar-refractivity contribution in [3.8, 4) is 16.2 Å². The van der Waals surface area contributed by atoms with Crippen molar-refractivity contribution in [1.82, 2.24) is 15.5 Å². The van der Waals surface area contributed by atoms with Gasteiger partial charge in [-0.3, -0.25) is 9.89 Å². The number of anilines is 1. The third-order valence-electron chi connectivity index (χ3n) is 5.02. The van der Waals surface area contributed by atoms with Crippen LogP contribution in [0.15, 0.2) is 42.7 Å². The highest BCUT2D eigenvalue weighted by atomic mass is 32.1. The maximum atomic E-state index is 12.6. The summed E-state index contributed by atoms with van der Waals surface area (Å²) >= 11 is 1.45. The van der Waals surface area contributed by atoms with Gasteiger partial charge >= 0.3 is 0 Å². The van der Waals surface area contributed by atoms with E-state index in [-0.39, 0.29) is 11.9 Å². The van der Waals surface area contributed by atoms with E-state index in [1.165, 1.54) is 11.3 Å². The zero-order valence-electron chi connectivity index (χ0n) is 15.2. The Morgan fingerprint density at radius 1 is 1.29 bits per heavy atom. The Bertz CT molecular complexity index is 971. The average molecular weight is 396 g/mol. The molecule has 0 bridgehead atoms. The van der Waals surface area contributed by atoms with Gasteiger partial charge in [0.15, 0.2) is 5.75 Å². The number of aromatic nitrogens is 2. The van der Waals surface area contributed by atoms with Gasteiger partial charge in [0.2, 0.25) is 0 Å². The van der Waals surface area contributed by atoms with Crippen molar-refractivity contribution in [2.45, 2.75) is 12.6 Å². The summed E-state index contributed by atoms with van der Waals surface area (Å²) in [6.07, 6.45) is 3.57. The maximum absolute atomic E-state index is 12.6. The molecule has 1 aromatic carbocycles. The fraction of sp³-hybridized carbons (Fsp3) is 0.300. The van der Waals surface area contributed by atoms with E-state index in [1.54, 1.807) is 6.20 Å². The number of hydrogen-bond acceptors (Lipinski definition) is 6. The summed E-state index contributed by atoms with van der Waals surface area (Å²) in [4.78, 5) is 16.5. The SMILES string of the molecule is O=C1NCCN2c3c1sc(-c1cn[nH]c1)c3OC[C@@H]2COCc1ccccc1. The molecule has 0 unspecified atom stereocenters. The van der Waals surface area contributed by atoms with E-state index in [4.69, 9.17) is 9.47 Å². The molecule has 1 amide bonds. The zero-order valence-corrected chi connectivity index (χ0v) is 16.0. The Kier molecular flexibility index (Phi) is 4.50. The van der Waals surface area contributed by atoms with Crippen LogP contribution in [-0.2, 0) is 11.3 Å². The van der Waals surface area contributed by atoms with Crippen LogP contribution in [0, 0.1) is 0 Å². The van der Waals surface area contributed by atoms with Crippen LogP contribution in [0.3, 0.4) is 0 Å². The van der Waals surface area contributed by atoms with Crippen LogP contribution in [0.2, 0.25) is 0 Å². The highest BCUT2D eigenvalue weighted by molar-refractivity contribution is 7.18. The van der Waals surface area contributed by atoms with Gasteiger partial charge in [-0.25, -0.2) is 0 Å². The number of hydrogen-bond donors (Lipinski definition) is 2. The highest BCUT2D eigenvalue weighted by Crippen LogP contribution is 2.50. The number of carbonyl (C=O) groups excluding carboxylic acids is 1. The number of benzene rings is 1. The quantitative estimate of drug-likeness (QED) is 0.693. The molecule has 28 heavy (non-hydrogen) atoms. The van der Waals surface area contributed by atoms with Crippen molar-refractivity contribution in [3.05, 3.63) is 53.2 Å². The van der Waals surface area contributed by atoms with Gasteiger partial charge in [0, 0.05) is 24.8 Å². The lowest BCUT2D eigenvalue weighted by Crippen LogP contribution is -2.47. The van der Waals surface area contributed by atoms with E-state index in [0.717, 1.165) is 34.0 Å². The second-order valence-corrected chi connectivity index (χ2v) is 7.86. The van der Waals surface area contributed by atoms with Crippen molar-refractivity contribution in [2.24, 2.45) is 0 Å². The highest BCUT2D eigenvalue weighted by Gasteiger charge is 2.38. The number of nitrogens with zero attached hydrogens (tertiary/aromatic N) is 2. The summed E-state index contributed by atoms with van der Waals surface area (Å²) in [5.41, 5.74) is 2.96. The minimum atomic E-state index is -0.0482. The smallest absolute Gasteiger partial charge is 0.263 e. The fourth-order valence-electron chi connectivity index (χ4n) is 3.66. The van der Waals surface area contributed by atoms with Crippen LogP contribution < -0.4 is 15.0 Å². The largest absolute Gasteiger partial charge is 0.488 e. The van der Waals surface area contributed by atoms with Crippen LogP contribution in [0.25, 0.3) is 10.4 Å². The van der Waals surface area contributed by atoms with Crippen LogP contribution in [0.1, 0.15) is 15.2 Å². The summed E-state index contributed by atoms with van der Waals surface area (Å²) in [5, 5.41) is 9.85. The van der Waals surface area contributed by atoms with Crippen LogP contribution in [-0.4, -0.2) is 48.4 Å². The van der Waals surface area contributed by atoms with Crippen molar-refractivity contribution in [1.29, 1.82) is 0 Å². The molecule has 2 aliphatic heterocycles. The average Bonchev–Trinajstić information content (AvgIpc) is 3.34. The Morgan fingerprint density at radius 2 is 2.18 bits per heavy atom. The lowest BCUT2D eigenvalue weighted by molar-refractivity contribution is 0.0871. The lowest BCUT2D eigenvalue weighted by Gasteiger charge is -2.36. The monoisotopic (exact) mass is 396 g/mol. The molecule has 2 aromatic heterocycles. The van der Waals surface area contributed by atoms with Crippen LogP contribution in [0.5, 0.6) is 5.75 Å². The molecule has 0 saturated carbocycles. The van der Waals surface area contributed by atoms with Crippen LogP contribution in [0.4, 0.5) is 5.69 Å². The first-order valence-corrected chi connectivity index (χ1v) is 10.1. The minimum absolute atomic E-state index is 0.0482. The lowest BCUT2D eigenvalue weighted by atomic mass is 10.1. The van der Waals surface area contributed by atoms with Gasteiger partial charge in [0.1, 0.15) is 17.2 Å². The van der Waals surface area contributed by atoms with Crippen molar-refractivity contribution in [3.63, 3.8) is 0 Å². The molecule has 8 heteroatoms. The molecule has 7 nitrogen and oxygen atoms in total. The molecule has 4 heterocycles. The third-order valence-corrected chi connectivity index (χ3v) is 6.22. The van der Waals surface area contributed by atoms with Crippen molar-refractivity contribution >= 4 is 22.9 Å². The number of amides is 1. The standard InChI is InChI=1S/C20H20N4O3S/c25-20-19-16-17(18(28-19)14-8-22-23-9-14)27-12-15(24(16)7-6-21-20)11-26-10-13-4-2-1-3-5-13/h1-5,8-9,15H,6-7,10-12H2,(H,21,25)(H,22,23)/t15-/m0/s1.